The molecular formula is C58H37N5. The molecule has 3 aromatic heterocycles. The van der Waals surface area contributed by atoms with Gasteiger partial charge in [-0.3, -0.25) is 0 Å². The SMILES string of the molecule is c1ccc(-c2nc(-c3ccccc3)nc(-c3ccc(-c4ccc(-c5cccc6c5c5cc7c(cc5n6-c5ccccc5)c(-c5ccccc5)nc5ccccc57)cc4)cc3)n2)cc1. The number of fused-ring (bicyclic) bond motifs is 6. The molecule has 0 amide bonds. The largest absolute Gasteiger partial charge is 0.309 e. The predicted molar refractivity (Wildman–Crippen MR) is 260 cm³/mol. The highest BCUT2D eigenvalue weighted by Crippen LogP contribution is 2.43. The third-order valence-corrected chi connectivity index (χ3v) is 12.0. The quantitative estimate of drug-likeness (QED) is 0.151. The number of hydrogen-bond donors (Lipinski definition) is 0. The van der Waals surface area contributed by atoms with Crippen LogP contribution in [0.25, 0.3) is 117 Å². The molecule has 0 aliphatic rings. The summed E-state index contributed by atoms with van der Waals surface area (Å²) in [6, 6.07) is 78.8. The molecule has 0 spiro atoms. The number of nitrogens with zero attached hydrogens (tertiary/aromatic N) is 5. The van der Waals surface area contributed by atoms with Crippen LogP contribution in [0.3, 0.4) is 0 Å². The van der Waals surface area contributed by atoms with E-state index in [9.17, 15) is 0 Å². The minimum Gasteiger partial charge on any atom is -0.309 e. The monoisotopic (exact) mass is 803 g/mol. The van der Waals surface area contributed by atoms with Crippen molar-refractivity contribution in [2.75, 3.05) is 0 Å². The van der Waals surface area contributed by atoms with E-state index in [4.69, 9.17) is 19.9 Å². The van der Waals surface area contributed by atoms with E-state index in [-0.39, 0.29) is 0 Å². The Morgan fingerprint density at radius 2 is 0.778 bits per heavy atom. The summed E-state index contributed by atoms with van der Waals surface area (Å²) in [4.78, 5) is 20.0. The predicted octanol–water partition coefficient (Wildman–Crippen LogP) is 14.7. The molecule has 63 heavy (non-hydrogen) atoms. The maximum Gasteiger partial charge on any atom is 0.164 e. The lowest BCUT2D eigenvalue weighted by Crippen LogP contribution is -2.00. The van der Waals surface area contributed by atoms with Crippen molar-refractivity contribution in [3.05, 3.63) is 224 Å². The van der Waals surface area contributed by atoms with Crippen molar-refractivity contribution in [1.29, 1.82) is 0 Å². The van der Waals surface area contributed by atoms with E-state index in [0.29, 0.717) is 17.5 Å². The Labute approximate surface area is 364 Å². The van der Waals surface area contributed by atoms with Crippen LogP contribution in [-0.2, 0) is 0 Å². The summed E-state index contributed by atoms with van der Waals surface area (Å²) < 4.78 is 2.41. The molecule has 12 aromatic rings. The molecule has 0 saturated carbocycles. The van der Waals surface area contributed by atoms with Crippen LogP contribution in [0.15, 0.2) is 224 Å². The van der Waals surface area contributed by atoms with Crippen molar-refractivity contribution < 1.29 is 0 Å². The van der Waals surface area contributed by atoms with Crippen LogP contribution in [0.1, 0.15) is 0 Å². The molecule has 5 nitrogen and oxygen atoms in total. The first-order chi connectivity index (χ1) is 31.2. The van der Waals surface area contributed by atoms with Crippen LogP contribution in [0.5, 0.6) is 0 Å². The molecule has 0 atom stereocenters. The fraction of sp³-hybridized carbons (Fsp3) is 0. The smallest absolute Gasteiger partial charge is 0.164 e. The number of hydrogen-bond acceptors (Lipinski definition) is 4. The molecule has 0 bridgehead atoms. The summed E-state index contributed by atoms with van der Waals surface area (Å²) in [6.45, 7) is 0. The van der Waals surface area contributed by atoms with Crippen molar-refractivity contribution in [3.63, 3.8) is 0 Å². The molecule has 12 rings (SSSR count). The van der Waals surface area contributed by atoms with Gasteiger partial charge in [0.25, 0.3) is 0 Å². The molecule has 5 heteroatoms. The Bertz CT molecular complexity index is 3570. The Balaban J connectivity index is 0.970. The lowest BCUT2D eigenvalue weighted by Gasteiger charge is -2.12. The van der Waals surface area contributed by atoms with Crippen molar-refractivity contribution in [2.45, 2.75) is 0 Å². The van der Waals surface area contributed by atoms with Gasteiger partial charge >= 0.3 is 0 Å². The van der Waals surface area contributed by atoms with Gasteiger partial charge in [0.05, 0.1) is 22.2 Å². The van der Waals surface area contributed by atoms with Crippen molar-refractivity contribution in [1.82, 2.24) is 24.5 Å². The van der Waals surface area contributed by atoms with Gasteiger partial charge in [0.1, 0.15) is 0 Å². The molecule has 0 saturated heterocycles. The molecule has 0 N–H and O–H groups in total. The molecule has 0 aliphatic heterocycles. The third-order valence-electron chi connectivity index (χ3n) is 12.0. The summed E-state index contributed by atoms with van der Waals surface area (Å²) in [5, 5.41) is 5.90. The minimum absolute atomic E-state index is 0.640. The van der Waals surface area contributed by atoms with E-state index < -0.39 is 0 Å². The normalized spacial score (nSPS) is 11.5. The molecule has 294 valence electrons. The highest BCUT2D eigenvalue weighted by Gasteiger charge is 2.20. The highest BCUT2D eigenvalue weighted by atomic mass is 15.0. The van der Waals surface area contributed by atoms with E-state index in [2.05, 4.69) is 168 Å². The number of pyridine rings is 1. The van der Waals surface area contributed by atoms with Gasteiger partial charge in [-0.25, -0.2) is 19.9 Å². The van der Waals surface area contributed by atoms with E-state index in [1.807, 2.05) is 60.7 Å². The third kappa shape index (κ3) is 6.42. The van der Waals surface area contributed by atoms with Crippen LogP contribution >= 0.6 is 0 Å². The van der Waals surface area contributed by atoms with Gasteiger partial charge < -0.3 is 4.57 Å². The fourth-order valence-electron chi connectivity index (χ4n) is 9.01. The van der Waals surface area contributed by atoms with Gasteiger partial charge in [-0.2, -0.15) is 0 Å². The van der Waals surface area contributed by atoms with Gasteiger partial charge in [-0.05, 0) is 64.0 Å². The zero-order valence-electron chi connectivity index (χ0n) is 34.1. The first kappa shape index (κ1) is 36.3. The van der Waals surface area contributed by atoms with Crippen LogP contribution in [0.2, 0.25) is 0 Å². The van der Waals surface area contributed by atoms with E-state index >= 15 is 0 Å². The second-order valence-corrected chi connectivity index (χ2v) is 15.8. The molecule has 9 aromatic carbocycles. The second kappa shape index (κ2) is 15.2. The summed E-state index contributed by atoms with van der Waals surface area (Å²) in [7, 11) is 0. The average Bonchev–Trinajstić information content (AvgIpc) is 3.70. The van der Waals surface area contributed by atoms with E-state index in [1.54, 1.807) is 0 Å². The number of benzene rings is 9. The van der Waals surface area contributed by atoms with Crippen LogP contribution in [0.4, 0.5) is 0 Å². The van der Waals surface area contributed by atoms with Gasteiger partial charge in [0, 0.05) is 49.5 Å². The van der Waals surface area contributed by atoms with Crippen LogP contribution < -0.4 is 0 Å². The standard InChI is InChI=1S/C58H37N5/c1-5-16-41(17-6-1)55-49-37-53-50(36-48(49)47-24-13-14-26-51(47)59-55)54-46(25-15-27-52(54)63(53)45-22-11-4-12-23-45)40-32-28-38(29-33-40)39-30-34-44(35-31-39)58-61-56(42-18-7-2-8-19-42)60-57(62-58)43-20-9-3-10-21-43/h1-37H. The minimum atomic E-state index is 0.640. The Hall–Kier alpha value is -8.54. The summed E-state index contributed by atoms with van der Waals surface area (Å²) in [6.07, 6.45) is 0. The number of rotatable bonds is 7. The summed E-state index contributed by atoms with van der Waals surface area (Å²) in [5.74, 6) is 1.94. The maximum atomic E-state index is 5.27. The first-order valence-electron chi connectivity index (χ1n) is 21.2. The fourth-order valence-corrected chi connectivity index (χ4v) is 9.01. The average molecular weight is 804 g/mol. The van der Waals surface area contributed by atoms with E-state index in [0.717, 1.165) is 77.6 Å². The van der Waals surface area contributed by atoms with Gasteiger partial charge in [-0.15, -0.1) is 0 Å². The molecule has 0 unspecified atom stereocenters. The first-order valence-corrected chi connectivity index (χ1v) is 21.2. The molecule has 0 aliphatic carbocycles. The lowest BCUT2D eigenvalue weighted by molar-refractivity contribution is 1.07. The Kier molecular flexibility index (Phi) is 8.75. The van der Waals surface area contributed by atoms with E-state index in [1.165, 1.54) is 21.7 Å². The Morgan fingerprint density at radius 1 is 0.286 bits per heavy atom. The van der Waals surface area contributed by atoms with Crippen molar-refractivity contribution >= 4 is 43.5 Å². The zero-order chi connectivity index (χ0) is 41.7. The highest BCUT2D eigenvalue weighted by molar-refractivity contribution is 6.23. The zero-order valence-corrected chi connectivity index (χ0v) is 34.1. The molecule has 3 heterocycles. The molecular weight excluding hydrogens is 767 g/mol. The van der Waals surface area contributed by atoms with Gasteiger partial charge in [-0.1, -0.05) is 188 Å². The van der Waals surface area contributed by atoms with Crippen molar-refractivity contribution in [2.24, 2.45) is 0 Å². The van der Waals surface area contributed by atoms with Crippen LogP contribution in [-0.4, -0.2) is 24.5 Å². The molecule has 0 fully saturated rings. The summed E-state index contributed by atoms with van der Waals surface area (Å²) >= 11 is 0. The Morgan fingerprint density at radius 3 is 1.38 bits per heavy atom. The van der Waals surface area contributed by atoms with Gasteiger partial charge in [0.2, 0.25) is 0 Å². The maximum absolute atomic E-state index is 5.27. The summed E-state index contributed by atoms with van der Waals surface area (Å²) in [5.41, 5.74) is 13.9. The number of para-hydroxylation sites is 2. The van der Waals surface area contributed by atoms with Crippen molar-refractivity contribution in [3.8, 4) is 73.4 Å². The van der Waals surface area contributed by atoms with Gasteiger partial charge in [0.15, 0.2) is 17.5 Å². The molecule has 0 radical (unpaired) electrons. The number of aromatic nitrogens is 5. The van der Waals surface area contributed by atoms with Crippen LogP contribution in [0, 0.1) is 0 Å². The lowest BCUT2D eigenvalue weighted by atomic mass is 9.94. The second-order valence-electron chi connectivity index (χ2n) is 15.8. The topological polar surface area (TPSA) is 56.5 Å².